The maximum Gasteiger partial charge on any atom is 0.227 e. The fourth-order valence-corrected chi connectivity index (χ4v) is 3.04. The van der Waals surface area contributed by atoms with Crippen molar-refractivity contribution in [1.82, 2.24) is 25.1 Å². The lowest BCUT2D eigenvalue weighted by Gasteiger charge is -2.04. The molecule has 0 saturated carbocycles. The van der Waals surface area contributed by atoms with Crippen LogP contribution >= 0.6 is 11.6 Å². The number of aromatic nitrogens is 5. The number of oxazole rings is 1. The maximum absolute atomic E-state index is 11.9. The van der Waals surface area contributed by atoms with E-state index in [-0.39, 0.29) is 5.91 Å². The summed E-state index contributed by atoms with van der Waals surface area (Å²) in [4.78, 5) is 24.8. The molecule has 0 spiro atoms. The van der Waals surface area contributed by atoms with Gasteiger partial charge in [0.05, 0.1) is 5.02 Å². The van der Waals surface area contributed by atoms with Crippen molar-refractivity contribution in [2.75, 3.05) is 5.32 Å². The highest BCUT2D eigenvalue weighted by Gasteiger charge is 2.22. The Morgan fingerprint density at radius 2 is 2.10 bits per heavy atom. The van der Waals surface area contributed by atoms with E-state index in [1.807, 2.05) is 25.1 Å². The molecule has 0 bridgehead atoms. The van der Waals surface area contributed by atoms with Gasteiger partial charge < -0.3 is 9.73 Å². The second kappa shape index (κ2) is 8.24. The summed E-state index contributed by atoms with van der Waals surface area (Å²) in [6, 6.07) is 10.8. The fraction of sp³-hybridized carbons (Fsp3) is 0.150. The summed E-state index contributed by atoms with van der Waals surface area (Å²) in [5.74, 6) is 1.61. The fourth-order valence-electron chi connectivity index (χ4n) is 2.82. The number of halogens is 1. The quantitative estimate of drug-likeness (QED) is 0.483. The predicted molar refractivity (Wildman–Crippen MR) is 109 cm³/mol. The summed E-state index contributed by atoms with van der Waals surface area (Å²) in [6.07, 6.45) is 4.17. The number of anilines is 1. The standard InChI is InChI=1S/C20H17ClN6O2/c1-2-5-16(28)25-15-10-12(8-9-22-15)20-26-17(19-23-11-24-27-19)18(29-20)13-6-3-4-7-14(13)21/h3-4,6-11H,2,5H2,1H3,(H,22,25,28)(H,23,24,27). The van der Waals surface area contributed by atoms with E-state index in [0.29, 0.717) is 51.6 Å². The van der Waals surface area contributed by atoms with E-state index < -0.39 is 0 Å². The molecule has 4 aromatic rings. The van der Waals surface area contributed by atoms with Gasteiger partial charge in [-0.05, 0) is 30.7 Å². The monoisotopic (exact) mass is 408 g/mol. The molecular weight excluding hydrogens is 392 g/mol. The lowest BCUT2D eigenvalue weighted by Crippen LogP contribution is -2.11. The van der Waals surface area contributed by atoms with Gasteiger partial charge in [-0.1, -0.05) is 30.7 Å². The van der Waals surface area contributed by atoms with Gasteiger partial charge in [-0.15, -0.1) is 0 Å². The SMILES string of the molecule is CCCC(=O)Nc1cc(-c2nc(-c3ncn[nH]3)c(-c3ccccc3Cl)o2)ccn1. The van der Waals surface area contributed by atoms with Crippen molar-refractivity contribution in [3.8, 4) is 34.3 Å². The van der Waals surface area contributed by atoms with E-state index >= 15 is 0 Å². The van der Waals surface area contributed by atoms with Crippen LogP contribution in [0.2, 0.25) is 5.02 Å². The zero-order chi connectivity index (χ0) is 20.2. The zero-order valence-electron chi connectivity index (χ0n) is 15.5. The summed E-state index contributed by atoms with van der Waals surface area (Å²) in [7, 11) is 0. The van der Waals surface area contributed by atoms with Crippen LogP contribution in [0.25, 0.3) is 34.3 Å². The zero-order valence-corrected chi connectivity index (χ0v) is 16.3. The van der Waals surface area contributed by atoms with Crippen LogP contribution in [0.5, 0.6) is 0 Å². The minimum Gasteiger partial charge on any atom is -0.435 e. The molecule has 0 saturated heterocycles. The van der Waals surface area contributed by atoms with Crippen molar-refractivity contribution in [3.63, 3.8) is 0 Å². The summed E-state index contributed by atoms with van der Waals surface area (Å²) >= 11 is 6.37. The molecule has 0 aliphatic rings. The van der Waals surface area contributed by atoms with Crippen LogP contribution in [0.1, 0.15) is 19.8 Å². The second-order valence-electron chi connectivity index (χ2n) is 6.24. The molecule has 1 aromatic carbocycles. The third-order valence-corrected chi connectivity index (χ3v) is 4.47. The second-order valence-corrected chi connectivity index (χ2v) is 6.65. The molecule has 146 valence electrons. The minimum atomic E-state index is -0.0938. The summed E-state index contributed by atoms with van der Waals surface area (Å²) in [6.45, 7) is 1.94. The Balaban J connectivity index is 1.77. The number of carbonyl (C=O) groups is 1. The number of rotatable bonds is 6. The smallest absolute Gasteiger partial charge is 0.227 e. The summed E-state index contributed by atoms with van der Waals surface area (Å²) < 4.78 is 6.08. The van der Waals surface area contributed by atoms with Gasteiger partial charge in [0.1, 0.15) is 12.1 Å². The van der Waals surface area contributed by atoms with Crippen molar-refractivity contribution < 1.29 is 9.21 Å². The Morgan fingerprint density at radius 1 is 1.24 bits per heavy atom. The van der Waals surface area contributed by atoms with Crippen LogP contribution in [-0.4, -0.2) is 31.1 Å². The van der Waals surface area contributed by atoms with Gasteiger partial charge in [0, 0.05) is 23.7 Å². The van der Waals surface area contributed by atoms with E-state index in [0.717, 1.165) is 6.42 Å². The van der Waals surface area contributed by atoms with E-state index in [4.69, 9.17) is 16.0 Å². The minimum absolute atomic E-state index is 0.0938. The van der Waals surface area contributed by atoms with E-state index in [1.165, 1.54) is 6.33 Å². The lowest BCUT2D eigenvalue weighted by atomic mass is 10.1. The van der Waals surface area contributed by atoms with Crippen LogP contribution < -0.4 is 5.32 Å². The first kappa shape index (κ1) is 18.8. The Kier molecular flexibility index (Phi) is 5.35. The first-order valence-electron chi connectivity index (χ1n) is 9.03. The van der Waals surface area contributed by atoms with Gasteiger partial charge in [0.2, 0.25) is 11.8 Å². The number of carbonyl (C=O) groups excluding carboxylic acids is 1. The molecule has 0 atom stereocenters. The summed E-state index contributed by atoms with van der Waals surface area (Å²) in [5, 5.41) is 10.00. The molecule has 0 aliphatic heterocycles. The molecule has 3 aromatic heterocycles. The number of amides is 1. The van der Waals surface area contributed by atoms with Gasteiger partial charge in [-0.25, -0.2) is 15.0 Å². The van der Waals surface area contributed by atoms with Crippen molar-refractivity contribution in [1.29, 1.82) is 0 Å². The van der Waals surface area contributed by atoms with Crippen LogP contribution in [0.4, 0.5) is 5.82 Å². The molecule has 0 fully saturated rings. The Morgan fingerprint density at radius 3 is 2.86 bits per heavy atom. The lowest BCUT2D eigenvalue weighted by molar-refractivity contribution is -0.116. The molecule has 3 heterocycles. The topological polar surface area (TPSA) is 110 Å². The van der Waals surface area contributed by atoms with Gasteiger partial charge >= 0.3 is 0 Å². The molecule has 29 heavy (non-hydrogen) atoms. The molecule has 4 rings (SSSR count). The molecule has 2 N–H and O–H groups in total. The van der Waals surface area contributed by atoms with E-state index in [2.05, 4.69) is 30.5 Å². The normalized spacial score (nSPS) is 10.8. The molecule has 9 heteroatoms. The number of H-pyrrole nitrogens is 1. The number of nitrogens with one attached hydrogen (secondary N) is 2. The van der Waals surface area contributed by atoms with Crippen LogP contribution in [0.3, 0.4) is 0 Å². The average Bonchev–Trinajstić information content (AvgIpc) is 3.38. The molecule has 0 unspecified atom stereocenters. The van der Waals surface area contributed by atoms with Crippen molar-refractivity contribution in [3.05, 3.63) is 53.9 Å². The van der Waals surface area contributed by atoms with Crippen molar-refractivity contribution in [2.24, 2.45) is 0 Å². The first-order valence-corrected chi connectivity index (χ1v) is 9.41. The number of nitrogens with zero attached hydrogens (tertiary/aromatic N) is 4. The number of hydrogen-bond donors (Lipinski definition) is 2. The van der Waals surface area contributed by atoms with Crippen molar-refractivity contribution in [2.45, 2.75) is 19.8 Å². The van der Waals surface area contributed by atoms with Gasteiger partial charge in [0.15, 0.2) is 17.3 Å². The third kappa shape index (κ3) is 4.02. The van der Waals surface area contributed by atoms with E-state index in [9.17, 15) is 4.79 Å². The molecule has 0 radical (unpaired) electrons. The highest BCUT2D eigenvalue weighted by molar-refractivity contribution is 6.33. The molecule has 8 nitrogen and oxygen atoms in total. The van der Waals surface area contributed by atoms with Crippen LogP contribution in [0, 0.1) is 0 Å². The van der Waals surface area contributed by atoms with Crippen LogP contribution in [-0.2, 0) is 4.79 Å². The number of hydrogen-bond acceptors (Lipinski definition) is 6. The summed E-state index contributed by atoms with van der Waals surface area (Å²) in [5.41, 5.74) is 1.83. The van der Waals surface area contributed by atoms with Gasteiger partial charge in [0.25, 0.3) is 0 Å². The number of benzene rings is 1. The highest BCUT2D eigenvalue weighted by atomic mass is 35.5. The molecule has 1 amide bonds. The van der Waals surface area contributed by atoms with Crippen LogP contribution in [0.15, 0.2) is 53.3 Å². The molecular formula is C20H17ClN6O2. The number of aromatic amines is 1. The van der Waals surface area contributed by atoms with E-state index in [1.54, 1.807) is 24.4 Å². The Bertz CT molecular complexity index is 1140. The Labute approximate surface area is 171 Å². The first-order chi connectivity index (χ1) is 14.2. The predicted octanol–water partition coefficient (Wildman–Crippen LogP) is 4.58. The maximum atomic E-state index is 11.9. The van der Waals surface area contributed by atoms with Crippen molar-refractivity contribution >= 4 is 23.3 Å². The number of pyridine rings is 1. The van der Waals surface area contributed by atoms with Gasteiger partial charge in [-0.2, -0.15) is 5.10 Å². The highest BCUT2D eigenvalue weighted by Crippen LogP contribution is 2.37. The third-order valence-electron chi connectivity index (χ3n) is 4.14. The largest absolute Gasteiger partial charge is 0.435 e. The van der Waals surface area contributed by atoms with Gasteiger partial charge in [-0.3, -0.25) is 9.89 Å². The molecule has 0 aliphatic carbocycles. The Hall–Kier alpha value is -3.52. The average molecular weight is 409 g/mol.